The smallest absolute Gasteiger partial charge is 0.269 e. The van der Waals surface area contributed by atoms with Crippen molar-refractivity contribution in [2.75, 3.05) is 13.7 Å². The Kier molecular flexibility index (Phi) is 5.66. The molecule has 2 aromatic rings. The van der Waals surface area contributed by atoms with Crippen molar-refractivity contribution >= 4 is 15.7 Å². The topological polar surface area (TPSA) is 98.5 Å². The minimum absolute atomic E-state index is 0.0345. The second kappa shape index (κ2) is 7.52. The first-order chi connectivity index (χ1) is 11.3. The molecular weight excluding hydrogens is 332 g/mol. The van der Waals surface area contributed by atoms with E-state index in [1.54, 1.807) is 0 Å². The Hall–Kier alpha value is -2.29. The molecule has 0 spiro atoms. The summed E-state index contributed by atoms with van der Waals surface area (Å²) in [6.45, 7) is 1.98. The number of hydrogen-bond donors (Lipinski definition) is 1. The van der Waals surface area contributed by atoms with Gasteiger partial charge in [0.15, 0.2) is 0 Å². The predicted octanol–water partition coefficient (Wildman–Crippen LogP) is 2.57. The van der Waals surface area contributed by atoms with Crippen LogP contribution in [-0.2, 0) is 14.8 Å². The molecule has 0 aliphatic carbocycles. The Morgan fingerprint density at radius 2 is 1.79 bits per heavy atom. The third-order valence-electron chi connectivity index (χ3n) is 3.64. The largest absolute Gasteiger partial charge is 0.375 e. The van der Waals surface area contributed by atoms with Crippen molar-refractivity contribution in [3.63, 3.8) is 0 Å². The number of nitro groups is 1. The molecule has 0 aliphatic rings. The maximum Gasteiger partial charge on any atom is 0.269 e. The molecule has 0 radical (unpaired) electrons. The van der Waals surface area contributed by atoms with Crippen molar-refractivity contribution in [1.29, 1.82) is 0 Å². The second-order valence-corrected chi connectivity index (χ2v) is 6.95. The highest BCUT2D eigenvalue weighted by atomic mass is 32.2. The van der Waals surface area contributed by atoms with E-state index < -0.39 is 21.1 Å². The fourth-order valence-corrected chi connectivity index (χ4v) is 3.32. The molecule has 0 saturated carbocycles. The maximum atomic E-state index is 12.3. The number of benzene rings is 2. The van der Waals surface area contributed by atoms with Crippen molar-refractivity contribution in [3.05, 3.63) is 69.8 Å². The van der Waals surface area contributed by atoms with Crippen molar-refractivity contribution in [1.82, 2.24) is 4.72 Å². The fourth-order valence-electron chi connectivity index (χ4n) is 2.28. The van der Waals surface area contributed by atoms with Gasteiger partial charge in [0.1, 0.15) is 0 Å². The molecule has 0 aromatic heterocycles. The number of nitrogens with zero attached hydrogens (tertiary/aromatic N) is 1. The summed E-state index contributed by atoms with van der Waals surface area (Å²) in [5, 5.41) is 10.6. The highest BCUT2D eigenvalue weighted by molar-refractivity contribution is 7.89. The van der Waals surface area contributed by atoms with Gasteiger partial charge in [0, 0.05) is 25.8 Å². The van der Waals surface area contributed by atoms with Gasteiger partial charge in [-0.2, -0.15) is 0 Å². The number of nitro benzene ring substituents is 1. The normalized spacial score (nSPS) is 12.8. The van der Waals surface area contributed by atoms with E-state index in [-0.39, 0.29) is 17.1 Å². The van der Waals surface area contributed by atoms with E-state index in [0.717, 1.165) is 23.3 Å². The maximum absolute atomic E-state index is 12.3. The minimum atomic E-state index is -3.78. The zero-order valence-electron chi connectivity index (χ0n) is 13.3. The van der Waals surface area contributed by atoms with Crippen LogP contribution in [0.1, 0.15) is 17.2 Å². The summed E-state index contributed by atoms with van der Waals surface area (Å²) in [5.74, 6) is 0. The monoisotopic (exact) mass is 350 g/mol. The van der Waals surface area contributed by atoms with Gasteiger partial charge >= 0.3 is 0 Å². The molecule has 7 nitrogen and oxygen atoms in total. The van der Waals surface area contributed by atoms with E-state index in [4.69, 9.17) is 4.74 Å². The Balaban J connectivity index is 2.14. The lowest BCUT2D eigenvalue weighted by atomic mass is 10.0. The Morgan fingerprint density at radius 1 is 1.17 bits per heavy atom. The summed E-state index contributed by atoms with van der Waals surface area (Å²) in [6, 6.07) is 12.3. The van der Waals surface area contributed by atoms with Gasteiger partial charge in [0.2, 0.25) is 10.0 Å². The highest BCUT2D eigenvalue weighted by Crippen LogP contribution is 2.21. The number of non-ortho nitro benzene ring substituents is 1. The van der Waals surface area contributed by atoms with Gasteiger partial charge in [0.05, 0.1) is 15.9 Å². The molecule has 0 bridgehead atoms. The molecule has 0 aliphatic heterocycles. The molecule has 1 atom stereocenters. The lowest BCUT2D eigenvalue weighted by molar-refractivity contribution is -0.384. The van der Waals surface area contributed by atoms with Crippen LogP contribution in [0.3, 0.4) is 0 Å². The number of sulfonamides is 1. The van der Waals surface area contributed by atoms with Crippen LogP contribution in [0.5, 0.6) is 0 Å². The van der Waals surface area contributed by atoms with Gasteiger partial charge in [-0.3, -0.25) is 10.1 Å². The van der Waals surface area contributed by atoms with Gasteiger partial charge in [0.25, 0.3) is 5.69 Å². The third kappa shape index (κ3) is 4.16. The van der Waals surface area contributed by atoms with Gasteiger partial charge in [-0.25, -0.2) is 13.1 Å². The van der Waals surface area contributed by atoms with E-state index in [0.29, 0.717) is 0 Å². The summed E-state index contributed by atoms with van der Waals surface area (Å²) in [4.78, 5) is 10.0. The fraction of sp³-hybridized carbons (Fsp3) is 0.250. The van der Waals surface area contributed by atoms with Crippen molar-refractivity contribution < 1.29 is 18.1 Å². The van der Waals surface area contributed by atoms with Gasteiger partial charge in [-0.1, -0.05) is 24.3 Å². The molecule has 0 fully saturated rings. The molecule has 2 rings (SSSR count). The van der Waals surface area contributed by atoms with Gasteiger partial charge in [-0.05, 0) is 30.2 Å². The lowest BCUT2D eigenvalue weighted by Gasteiger charge is -2.18. The molecular formula is C16H18N2O5S. The first kappa shape index (κ1) is 18.1. The van der Waals surface area contributed by atoms with E-state index in [1.807, 2.05) is 31.2 Å². The molecule has 0 heterocycles. The Morgan fingerprint density at radius 3 is 2.33 bits per heavy atom. The molecule has 1 N–H and O–H groups in total. The molecule has 1 unspecified atom stereocenters. The second-order valence-electron chi connectivity index (χ2n) is 5.18. The molecule has 8 heteroatoms. The summed E-state index contributed by atoms with van der Waals surface area (Å²) in [5.41, 5.74) is 1.73. The Bertz CT molecular complexity index is 819. The minimum Gasteiger partial charge on any atom is -0.375 e. The number of aryl methyl sites for hydroxylation is 1. The number of hydrogen-bond acceptors (Lipinski definition) is 5. The molecule has 24 heavy (non-hydrogen) atoms. The van der Waals surface area contributed by atoms with Crippen LogP contribution in [0.25, 0.3) is 0 Å². The van der Waals surface area contributed by atoms with Crippen LogP contribution >= 0.6 is 0 Å². The first-order valence-corrected chi connectivity index (χ1v) is 8.66. The van der Waals surface area contributed by atoms with E-state index in [2.05, 4.69) is 4.72 Å². The van der Waals surface area contributed by atoms with Crippen LogP contribution in [0.15, 0.2) is 53.4 Å². The highest BCUT2D eigenvalue weighted by Gasteiger charge is 2.19. The third-order valence-corrected chi connectivity index (χ3v) is 5.08. The molecule has 0 saturated heterocycles. The molecule has 0 amide bonds. The predicted molar refractivity (Wildman–Crippen MR) is 89.2 cm³/mol. The number of ether oxygens (including phenoxy) is 1. The van der Waals surface area contributed by atoms with Crippen molar-refractivity contribution in [2.24, 2.45) is 0 Å². The van der Waals surface area contributed by atoms with Gasteiger partial charge in [-0.15, -0.1) is 0 Å². The van der Waals surface area contributed by atoms with Crippen molar-refractivity contribution in [3.8, 4) is 0 Å². The summed E-state index contributed by atoms with van der Waals surface area (Å²) >= 11 is 0. The summed E-state index contributed by atoms with van der Waals surface area (Å²) in [7, 11) is -2.27. The SMILES string of the molecule is COC(CNS(=O)(=O)c1ccc([N+](=O)[O-])cc1)c1ccccc1C. The Labute approximate surface area is 140 Å². The summed E-state index contributed by atoms with van der Waals surface area (Å²) in [6.07, 6.45) is -0.431. The van der Waals surface area contributed by atoms with E-state index >= 15 is 0 Å². The molecule has 2 aromatic carbocycles. The zero-order chi connectivity index (χ0) is 17.7. The standard InChI is InChI=1S/C16H18N2O5S/c1-12-5-3-4-6-15(12)16(23-2)11-17-24(21,22)14-9-7-13(8-10-14)18(19)20/h3-10,16-17H,11H2,1-2H3. The van der Waals surface area contributed by atoms with Gasteiger partial charge < -0.3 is 4.74 Å². The van der Waals surface area contributed by atoms with Crippen LogP contribution in [-0.4, -0.2) is 27.0 Å². The number of methoxy groups -OCH3 is 1. The number of rotatable bonds is 7. The van der Waals surface area contributed by atoms with Crippen molar-refractivity contribution in [2.45, 2.75) is 17.9 Å². The quantitative estimate of drug-likeness (QED) is 0.611. The van der Waals surface area contributed by atoms with E-state index in [9.17, 15) is 18.5 Å². The van der Waals surface area contributed by atoms with Crippen LogP contribution in [0.2, 0.25) is 0 Å². The first-order valence-electron chi connectivity index (χ1n) is 7.17. The number of nitrogens with one attached hydrogen (secondary N) is 1. The molecule has 128 valence electrons. The van der Waals surface area contributed by atoms with Crippen LogP contribution in [0.4, 0.5) is 5.69 Å². The average molecular weight is 350 g/mol. The zero-order valence-corrected chi connectivity index (χ0v) is 14.1. The van der Waals surface area contributed by atoms with Crippen LogP contribution in [0, 0.1) is 17.0 Å². The van der Waals surface area contributed by atoms with E-state index in [1.165, 1.54) is 19.2 Å². The lowest BCUT2D eigenvalue weighted by Crippen LogP contribution is -2.29. The summed E-state index contributed by atoms with van der Waals surface area (Å²) < 4.78 is 32.5. The van der Waals surface area contributed by atoms with Crippen LogP contribution < -0.4 is 4.72 Å². The average Bonchev–Trinajstić information content (AvgIpc) is 2.57.